The van der Waals surface area contributed by atoms with Gasteiger partial charge in [-0.3, -0.25) is 9.00 Å². The number of Topliss-reactive ketones (excluding diaryl/α,β-unsaturated/α-hetero) is 1. The number of rotatable bonds is 3. The van der Waals surface area contributed by atoms with Gasteiger partial charge in [0.1, 0.15) is 0 Å². The molecule has 98 valence electrons. The van der Waals surface area contributed by atoms with Crippen LogP contribution >= 0.6 is 11.8 Å². The molecule has 2 unspecified atom stereocenters. The Morgan fingerprint density at radius 1 is 1.22 bits per heavy atom. The monoisotopic (exact) mass is 282 g/mol. The highest BCUT2D eigenvalue weighted by Gasteiger charge is 2.45. The molecule has 1 aromatic carbocycles. The van der Waals surface area contributed by atoms with Crippen molar-refractivity contribution in [3.05, 3.63) is 29.8 Å². The second-order valence-corrected chi connectivity index (χ2v) is 7.74. The van der Waals surface area contributed by atoms with Gasteiger partial charge in [-0.25, -0.2) is 0 Å². The molecule has 18 heavy (non-hydrogen) atoms. The highest BCUT2D eigenvalue weighted by molar-refractivity contribution is 8.13. The average Bonchev–Trinajstić information content (AvgIpc) is 2.40. The van der Waals surface area contributed by atoms with E-state index in [1.165, 1.54) is 11.8 Å². The summed E-state index contributed by atoms with van der Waals surface area (Å²) in [5.41, 5.74) is 1.14. The molecule has 1 aliphatic rings. The Morgan fingerprint density at radius 3 is 2.44 bits per heavy atom. The average molecular weight is 282 g/mol. The zero-order valence-corrected chi connectivity index (χ0v) is 12.4. The van der Waals surface area contributed by atoms with Gasteiger partial charge < -0.3 is 0 Å². The first-order valence-corrected chi connectivity index (χ1v) is 8.54. The van der Waals surface area contributed by atoms with Crippen molar-refractivity contribution in [3.63, 3.8) is 0 Å². The predicted molar refractivity (Wildman–Crippen MR) is 77.3 cm³/mol. The fourth-order valence-corrected chi connectivity index (χ4v) is 5.29. The lowest BCUT2D eigenvalue weighted by Gasteiger charge is -2.33. The van der Waals surface area contributed by atoms with Crippen LogP contribution in [0.1, 0.15) is 31.2 Å². The summed E-state index contributed by atoms with van der Waals surface area (Å²) in [6.45, 7) is 2.00. The van der Waals surface area contributed by atoms with Crippen LogP contribution in [0, 0.1) is 6.92 Å². The molecule has 0 heterocycles. The van der Waals surface area contributed by atoms with Gasteiger partial charge in [-0.05, 0) is 38.2 Å². The molecule has 0 saturated heterocycles. The molecule has 0 spiro atoms. The van der Waals surface area contributed by atoms with Crippen molar-refractivity contribution in [2.45, 2.75) is 41.6 Å². The summed E-state index contributed by atoms with van der Waals surface area (Å²) < 4.78 is 12.0. The summed E-state index contributed by atoms with van der Waals surface area (Å²) in [5.74, 6) is 0.153. The van der Waals surface area contributed by atoms with E-state index in [-0.39, 0.29) is 5.78 Å². The summed E-state index contributed by atoms with van der Waals surface area (Å²) in [4.78, 5) is 13.0. The minimum atomic E-state index is -1.25. The van der Waals surface area contributed by atoms with Crippen molar-refractivity contribution in [2.75, 3.05) is 6.26 Å². The number of hydrogen-bond acceptors (Lipinski definition) is 3. The Balaban J connectivity index is 2.35. The van der Waals surface area contributed by atoms with Gasteiger partial charge in [-0.2, -0.15) is 0 Å². The molecule has 4 heteroatoms. The van der Waals surface area contributed by atoms with E-state index in [9.17, 15) is 9.00 Å². The van der Waals surface area contributed by atoms with E-state index in [0.29, 0.717) is 6.42 Å². The number of hydrogen-bond donors (Lipinski definition) is 0. The van der Waals surface area contributed by atoms with Gasteiger partial charge in [-0.1, -0.05) is 24.1 Å². The fraction of sp³-hybridized carbons (Fsp3) is 0.500. The minimum Gasteiger partial charge on any atom is -0.297 e. The predicted octanol–water partition coefficient (Wildman–Crippen LogP) is 3.31. The topological polar surface area (TPSA) is 34.1 Å². The van der Waals surface area contributed by atoms with Crippen molar-refractivity contribution >= 4 is 28.3 Å². The molecule has 2 rings (SSSR count). The molecule has 1 aliphatic carbocycles. The number of carbonyl (C=O) groups excluding carboxylic acids is 1. The Bertz CT molecular complexity index is 467. The van der Waals surface area contributed by atoms with Gasteiger partial charge in [0.05, 0.1) is 10.8 Å². The van der Waals surface area contributed by atoms with Gasteiger partial charge in [0.15, 0.2) is 9.86 Å². The maximum absolute atomic E-state index is 12.7. The second-order valence-electron chi connectivity index (χ2n) is 4.67. The molecular weight excluding hydrogens is 264 g/mol. The smallest absolute Gasteiger partial charge is 0.161 e. The molecule has 0 radical (unpaired) electrons. The highest BCUT2D eigenvalue weighted by atomic mass is 32.2. The van der Waals surface area contributed by atoms with Gasteiger partial charge in [0.2, 0.25) is 0 Å². The molecular formula is C14H18O2S2. The molecule has 2 atom stereocenters. The first-order valence-electron chi connectivity index (χ1n) is 6.17. The van der Waals surface area contributed by atoms with Crippen molar-refractivity contribution in [3.8, 4) is 0 Å². The van der Waals surface area contributed by atoms with E-state index in [0.717, 1.165) is 29.7 Å². The third-order valence-corrected chi connectivity index (χ3v) is 7.23. The summed E-state index contributed by atoms with van der Waals surface area (Å²) in [6.07, 6.45) is 5.12. The number of thioether (sulfide) groups is 1. The maximum atomic E-state index is 12.7. The molecule has 0 bridgehead atoms. The van der Waals surface area contributed by atoms with Crippen LogP contribution < -0.4 is 0 Å². The molecule has 1 saturated carbocycles. The number of carbonyl (C=O) groups is 1. The quantitative estimate of drug-likeness (QED) is 0.853. The molecule has 0 aromatic heterocycles. The van der Waals surface area contributed by atoms with Crippen LogP contribution in [0.4, 0.5) is 0 Å². The van der Waals surface area contributed by atoms with Crippen LogP contribution in [-0.2, 0) is 15.6 Å². The Labute approximate surface area is 115 Å². The summed E-state index contributed by atoms with van der Waals surface area (Å²) in [5, 5.41) is 0. The fourth-order valence-electron chi connectivity index (χ4n) is 2.31. The third-order valence-electron chi connectivity index (χ3n) is 3.45. The van der Waals surface area contributed by atoms with Crippen molar-refractivity contribution < 1.29 is 9.00 Å². The highest BCUT2D eigenvalue weighted by Crippen LogP contribution is 2.41. The van der Waals surface area contributed by atoms with Gasteiger partial charge >= 0.3 is 0 Å². The molecule has 0 aliphatic heterocycles. The van der Waals surface area contributed by atoms with E-state index in [1.54, 1.807) is 0 Å². The van der Waals surface area contributed by atoms with Crippen LogP contribution in [0.2, 0.25) is 0 Å². The van der Waals surface area contributed by atoms with Crippen LogP contribution in [0.25, 0.3) is 0 Å². The lowest BCUT2D eigenvalue weighted by atomic mass is 9.98. The van der Waals surface area contributed by atoms with E-state index >= 15 is 0 Å². The standard InChI is InChI=1S/C14H18O2S2/c1-11-6-8-12(9-7-11)18(16)14(17-2)10-4-3-5-13(14)15/h6-9H,3-5,10H2,1-2H3. The summed E-state index contributed by atoms with van der Waals surface area (Å²) in [7, 11) is -1.25. The van der Waals surface area contributed by atoms with E-state index in [1.807, 2.05) is 37.4 Å². The first-order chi connectivity index (χ1) is 8.60. The molecule has 2 nitrogen and oxygen atoms in total. The van der Waals surface area contributed by atoms with E-state index < -0.39 is 14.9 Å². The third kappa shape index (κ3) is 2.41. The zero-order chi connectivity index (χ0) is 13.2. The largest absolute Gasteiger partial charge is 0.297 e. The Kier molecular flexibility index (Phi) is 4.28. The molecule has 1 fully saturated rings. The van der Waals surface area contributed by atoms with Crippen molar-refractivity contribution in [2.24, 2.45) is 0 Å². The summed E-state index contributed by atoms with van der Waals surface area (Å²) >= 11 is 1.46. The molecule has 0 amide bonds. The maximum Gasteiger partial charge on any atom is 0.161 e. The number of aryl methyl sites for hydroxylation is 1. The van der Waals surface area contributed by atoms with E-state index in [4.69, 9.17) is 0 Å². The van der Waals surface area contributed by atoms with Crippen LogP contribution in [0.3, 0.4) is 0 Å². The summed E-state index contributed by atoms with van der Waals surface area (Å²) in [6, 6.07) is 7.67. The molecule has 0 N–H and O–H groups in total. The van der Waals surface area contributed by atoms with Crippen molar-refractivity contribution in [1.82, 2.24) is 0 Å². The Morgan fingerprint density at radius 2 is 1.89 bits per heavy atom. The first kappa shape index (κ1) is 13.8. The van der Waals surface area contributed by atoms with Crippen molar-refractivity contribution in [1.29, 1.82) is 0 Å². The zero-order valence-electron chi connectivity index (χ0n) is 10.8. The number of ketones is 1. The SMILES string of the molecule is CSC1(S(=O)c2ccc(C)cc2)CCCCC1=O. The Hall–Kier alpha value is -0.610. The lowest BCUT2D eigenvalue weighted by molar-refractivity contribution is -0.120. The second kappa shape index (κ2) is 5.57. The van der Waals surface area contributed by atoms with Crippen LogP contribution in [-0.4, -0.2) is 20.3 Å². The normalized spacial score (nSPS) is 26.0. The van der Waals surface area contributed by atoms with Gasteiger partial charge in [0.25, 0.3) is 0 Å². The van der Waals surface area contributed by atoms with Crippen LogP contribution in [0.15, 0.2) is 29.2 Å². The lowest BCUT2D eigenvalue weighted by Crippen LogP contribution is -2.42. The van der Waals surface area contributed by atoms with Gasteiger partial charge in [0, 0.05) is 11.3 Å². The number of benzene rings is 1. The van der Waals surface area contributed by atoms with Crippen LogP contribution in [0.5, 0.6) is 0 Å². The minimum absolute atomic E-state index is 0.153. The molecule has 1 aromatic rings. The van der Waals surface area contributed by atoms with E-state index in [2.05, 4.69) is 0 Å². The van der Waals surface area contributed by atoms with Gasteiger partial charge in [-0.15, -0.1) is 11.8 Å².